The number of amides is 1. The minimum atomic E-state index is -0.290. The van der Waals surface area contributed by atoms with Gasteiger partial charge < -0.3 is 15.4 Å². The van der Waals surface area contributed by atoms with Crippen LogP contribution in [0, 0.1) is 5.92 Å². The molecule has 0 bridgehead atoms. The molecule has 0 aromatic heterocycles. The van der Waals surface area contributed by atoms with Gasteiger partial charge in [0.05, 0.1) is 12.1 Å². The fourth-order valence-corrected chi connectivity index (χ4v) is 3.43. The van der Waals surface area contributed by atoms with E-state index in [9.17, 15) is 4.79 Å². The van der Waals surface area contributed by atoms with E-state index in [0.717, 1.165) is 32.4 Å². The van der Waals surface area contributed by atoms with E-state index in [1.807, 2.05) is 4.90 Å². The van der Waals surface area contributed by atoms with Crippen LogP contribution in [0.5, 0.6) is 0 Å². The monoisotopic (exact) mass is 268 g/mol. The molecule has 0 spiro atoms. The van der Waals surface area contributed by atoms with Gasteiger partial charge in [-0.15, -0.1) is 0 Å². The van der Waals surface area contributed by atoms with Crippen molar-refractivity contribution < 1.29 is 9.53 Å². The predicted molar refractivity (Wildman–Crippen MR) is 75.8 cm³/mol. The lowest BCUT2D eigenvalue weighted by atomic mass is 9.84. The van der Waals surface area contributed by atoms with Crippen LogP contribution in [0.1, 0.15) is 51.4 Å². The molecule has 1 saturated carbocycles. The molecule has 4 heteroatoms. The maximum atomic E-state index is 12.3. The Hall–Kier alpha value is -0.610. The van der Waals surface area contributed by atoms with Crippen molar-refractivity contribution in [1.82, 2.24) is 4.90 Å². The quantitative estimate of drug-likeness (QED) is 0.847. The number of methoxy groups -OCH3 is 1. The second-order valence-electron chi connectivity index (χ2n) is 6.11. The summed E-state index contributed by atoms with van der Waals surface area (Å²) in [5.41, 5.74) is 6.12. The lowest BCUT2D eigenvalue weighted by Crippen LogP contribution is -2.48. The molecule has 2 rings (SSSR count). The van der Waals surface area contributed by atoms with Gasteiger partial charge in [0.15, 0.2) is 0 Å². The first-order valence-corrected chi connectivity index (χ1v) is 7.78. The van der Waals surface area contributed by atoms with Crippen molar-refractivity contribution in [2.45, 2.75) is 63.5 Å². The molecule has 2 aliphatic rings. The molecule has 0 radical (unpaired) electrons. The number of likely N-dealkylation sites (tertiary alicyclic amines) is 1. The van der Waals surface area contributed by atoms with Crippen LogP contribution in [0.25, 0.3) is 0 Å². The van der Waals surface area contributed by atoms with Crippen LogP contribution in [-0.2, 0) is 9.53 Å². The highest BCUT2D eigenvalue weighted by Crippen LogP contribution is 2.27. The van der Waals surface area contributed by atoms with E-state index in [1.54, 1.807) is 7.11 Å². The molecular formula is C15H28N2O2. The molecule has 2 N–H and O–H groups in total. The summed E-state index contributed by atoms with van der Waals surface area (Å²) in [4.78, 5) is 14.3. The maximum absolute atomic E-state index is 12.3. The minimum Gasteiger partial charge on any atom is -0.381 e. The van der Waals surface area contributed by atoms with Gasteiger partial charge >= 0.3 is 0 Å². The van der Waals surface area contributed by atoms with Gasteiger partial charge in [-0.05, 0) is 25.2 Å². The Morgan fingerprint density at radius 1 is 1.21 bits per heavy atom. The molecule has 1 atom stereocenters. The molecule has 110 valence electrons. The number of nitrogens with zero attached hydrogens (tertiary/aromatic N) is 1. The van der Waals surface area contributed by atoms with Crippen molar-refractivity contribution in [3.05, 3.63) is 0 Å². The van der Waals surface area contributed by atoms with Gasteiger partial charge in [-0.25, -0.2) is 0 Å². The van der Waals surface area contributed by atoms with Crippen molar-refractivity contribution in [1.29, 1.82) is 0 Å². The number of ether oxygens (including phenoxy) is 1. The number of nitrogens with two attached hydrogens (primary N) is 1. The molecule has 0 aromatic rings. The van der Waals surface area contributed by atoms with Crippen molar-refractivity contribution in [3.63, 3.8) is 0 Å². The number of rotatable bonds is 4. The molecule has 1 aliphatic carbocycles. The van der Waals surface area contributed by atoms with E-state index in [-0.39, 0.29) is 11.9 Å². The van der Waals surface area contributed by atoms with Gasteiger partial charge in [0, 0.05) is 20.2 Å². The molecule has 0 aromatic carbocycles. The van der Waals surface area contributed by atoms with Crippen molar-refractivity contribution in [2.75, 3.05) is 20.2 Å². The highest BCUT2D eigenvalue weighted by Gasteiger charge is 2.28. The minimum absolute atomic E-state index is 0.153. The van der Waals surface area contributed by atoms with Crippen LogP contribution in [0.15, 0.2) is 0 Å². The summed E-state index contributed by atoms with van der Waals surface area (Å²) in [6.45, 7) is 1.60. The Balaban J connectivity index is 1.75. The molecule has 1 saturated heterocycles. The van der Waals surface area contributed by atoms with Crippen molar-refractivity contribution in [3.8, 4) is 0 Å². The summed E-state index contributed by atoms with van der Waals surface area (Å²) in [5.74, 6) is 0.823. The lowest BCUT2D eigenvalue weighted by molar-refractivity contribution is -0.135. The molecule has 4 nitrogen and oxygen atoms in total. The predicted octanol–water partition coefficient (Wildman–Crippen LogP) is 1.92. The first kappa shape index (κ1) is 14.8. The first-order chi connectivity index (χ1) is 9.20. The smallest absolute Gasteiger partial charge is 0.239 e. The number of hydrogen-bond donors (Lipinski definition) is 1. The zero-order valence-corrected chi connectivity index (χ0v) is 12.1. The van der Waals surface area contributed by atoms with Gasteiger partial charge in [-0.1, -0.05) is 32.1 Å². The number of carbonyl (C=O) groups is 1. The second-order valence-corrected chi connectivity index (χ2v) is 6.11. The SMILES string of the molecule is COC1CCN(C(=O)C(N)CC2CCCCC2)CC1. The fraction of sp³-hybridized carbons (Fsp3) is 0.933. The highest BCUT2D eigenvalue weighted by molar-refractivity contribution is 5.81. The standard InChI is InChI=1S/C15H28N2O2/c1-19-13-7-9-17(10-8-13)15(18)14(16)11-12-5-3-2-4-6-12/h12-14H,2-11,16H2,1H3. The van der Waals surface area contributed by atoms with E-state index in [2.05, 4.69) is 0 Å². The third-order valence-electron chi connectivity index (χ3n) is 4.72. The second kappa shape index (κ2) is 7.25. The first-order valence-electron chi connectivity index (χ1n) is 7.78. The summed E-state index contributed by atoms with van der Waals surface area (Å²) < 4.78 is 5.33. The average molecular weight is 268 g/mol. The molecule has 1 heterocycles. The number of hydrogen-bond acceptors (Lipinski definition) is 3. The molecule has 19 heavy (non-hydrogen) atoms. The summed E-state index contributed by atoms with van der Waals surface area (Å²) >= 11 is 0. The Kier molecular flexibility index (Phi) is 5.64. The Bertz CT molecular complexity index is 282. The van der Waals surface area contributed by atoms with Crippen LogP contribution >= 0.6 is 0 Å². The van der Waals surface area contributed by atoms with Crippen LogP contribution in [-0.4, -0.2) is 43.2 Å². The largest absolute Gasteiger partial charge is 0.381 e. The van der Waals surface area contributed by atoms with E-state index < -0.39 is 0 Å². The van der Waals surface area contributed by atoms with Crippen LogP contribution in [0.4, 0.5) is 0 Å². The summed E-state index contributed by atoms with van der Waals surface area (Å²) in [7, 11) is 1.75. The molecule has 1 aliphatic heterocycles. The molecule has 1 amide bonds. The van der Waals surface area contributed by atoms with E-state index in [4.69, 9.17) is 10.5 Å². The molecule has 2 fully saturated rings. The average Bonchev–Trinajstić information content (AvgIpc) is 2.47. The third kappa shape index (κ3) is 4.18. The van der Waals surface area contributed by atoms with Crippen LogP contribution < -0.4 is 5.73 Å². The van der Waals surface area contributed by atoms with E-state index in [1.165, 1.54) is 32.1 Å². The molecular weight excluding hydrogens is 240 g/mol. The highest BCUT2D eigenvalue weighted by atomic mass is 16.5. The summed E-state index contributed by atoms with van der Waals surface area (Å²) in [6, 6.07) is -0.290. The third-order valence-corrected chi connectivity index (χ3v) is 4.72. The number of piperidine rings is 1. The Morgan fingerprint density at radius 2 is 1.84 bits per heavy atom. The van der Waals surface area contributed by atoms with Gasteiger partial charge in [-0.2, -0.15) is 0 Å². The zero-order chi connectivity index (χ0) is 13.7. The van der Waals surface area contributed by atoms with Gasteiger partial charge in [0.25, 0.3) is 0 Å². The Labute approximate surface area is 116 Å². The normalized spacial score (nSPS) is 24.4. The van der Waals surface area contributed by atoms with E-state index >= 15 is 0 Å². The summed E-state index contributed by atoms with van der Waals surface area (Å²) in [5, 5.41) is 0. The van der Waals surface area contributed by atoms with E-state index in [0.29, 0.717) is 12.0 Å². The number of carbonyl (C=O) groups excluding carboxylic acids is 1. The maximum Gasteiger partial charge on any atom is 0.239 e. The van der Waals surface area contributed by atoms with Crippen molar-refractivity contribution in [2.24, 2.45) is 11.7 Å². The fourth-order valence-electron chi connectivity index (χ4n) is 3.43. The van der Waals surface area contributed by atoms with Crippen molar-refractivity contribution >= 4 is 5.91 Å². The van der Waals surface area contributed by atoms with Gasteiger partial charge in [0.2, 0.25) is 5.91 Å². The van der Waals surface area contributed by atoms with Crippen LogP contribution in [0.3, 0.4) is 0 Å². The lowest BCUT2D eigenvalue weighted by Gasteiger charge is -2.34. The zero-order valence-electron chi connectivity index (χ0n) is 12.1. The molecule has 1 unspecified atom stereocenters. The topological polar surface area (TPSA) is 55.6 Å². The van der Waals surface area contributed by atoms with Gasteiger partial charge in [0.1, 0.15) is 0 Å². The van der Waals surface area contributed by atoms with Crippen LogP contribution in [0.2, 0.25) is 0 Å². The summed E-state index contributed by atoms with van der Waals surface area (Å²) in [6.07, 6.45) is 9.57. The van der Waals surface area contributed by atoms with Gasteiger partial charge in [-0.3, -0.25) is 4.79 Å². The Morgan fingerprint density at radius 3 is 2.42 bits per heavy atom.